The van der Waals surface area contributed by atoms with E-state index in [0.29, 0.717) is 22.9 Å². The molecule has 4 nitrogen and oxygen atoms in total. The Hall–Kier alpha value is -3.18. The Morgan fingerprint density at radius 1 is 0.875 bits per heavy atom. The van der Waals surface area contributed by atoms with Crippen LogP contribution >= 0.6 is 0 Å². The summed E-state index contributed by atoms with van der Waals surface area (Å²) >= 11 is 0. The predicted molar refractivity (Wildman–Crippen MR) is 125 cm³/mol. The van der Waals surface area contributed by atoms with E-state index in [2.05, 4.69) is 0 Å². The Bertz CT molecular complexity index is 1310. The summed E-state index contributed by atoms with van der Waals surface area (Å²) in [5, 5.41) is -0.983. The van der Waals surface area contributed by atoms with Crippen LogP contribution in [-0.2, 0) is 9.84 Å². The second-order valence-electron chi connectivity index (χ2n) is 8.41. The second-order valence-corrected chi connectivity index (χ2v) is 10.4. The molecule has 1 aliphatic carbocycles. The maximum atomic E-state index is 14.0. The molecular weight excluding hydrogens is 418 g/mol. The molecule has 0 amide bonds. The van der Waals surface area contributed by atoms with Gasteiger partial charge in [-0.1, -0.05) is 84.8 Å². The summed E-state index contributed by atoms with van der Waals surface area (Å²) in [4.78, 5) is 5.11. The first-order valence-corrected chi connectivity index (χ1v) is 12.5. The quantitative estimate of drug-likeness (QED) is 0.342. The van der Waals surface area contributed by atoms with Gasteiger partial charge < -0.3 is 4.42 Å². The monoisotopic (exact) mass is 443 g/mol. The summed E-state index contributed by atoms with van der Waals surface area (Å²) in [7, 11) is -3.79. The van der Waals surface area contributed by atoms with Gasteiger partial charge in [0.15, 0.2) is 26.7 Å². The van der Waals surface area contributed by atoms with Gasteiger partial charge in [-0.2, -0.15) is 0 Å². The van der Waals surface area contributed by atoms with Gasteiger partial charge >= 0.3 is 0 Å². The van der Waals surface area contributed by atoms with E-state index in [4.69, 9.17) is 9.40 Å². The number of hydrogen-bond acceptors (Lipinski definition) is 4. The summed E-state index contributed by atoms with van der Waals surface area (Å²) in [6, 6.07) is 26.0. The van der Waals surface area contributed by atoms with Gasteiger partial charge in [0, 0.05) is 11.5 Å². The van der Waals surface area contributed by atoms with E-state index in [1.54, 1.807) is 12.1 Å². The molecule has 1 saturated carbocycles. The zero-order valence-electron chi connectivity index (χ0n) is 17.9. The van der Waals surface area contributed by atoms with Crippen molar-refractivity contribution in [2.75, 3.05) is 0 Å². The molecule has 1 heterocycles. The molecule has 0 N–H and O–H groups in total. The molecule has 0 radical (unpaired) electrons. The first kappa shape index (κ1) is 20.7. The topological polar surface area (TPSA) is 60.2 Å². The molecule has 32 heavy (non-hydrogen) atoms. The minimum absolute atomic E-state index is 0.254. The molecule has 5 rings (SSSR count). The Kier molecular flexibility index (Phi) is 5.43. The normalized spacial score (nSPS) is 15.3. The number of rotatable bonds is 6. The van der Waals surface area contributed by atoms with Crippen molar-refractivity contribution in [3.05, 3.63) is 108 Å². The van der Waals surface area contributed by atoms with Crippen LogP contribution in [0, 0.1) is 6.92 Å². The van der Waals surface area contributed by atoms with E-state index in [-0.39, 0.29) is 10.8 Å². The van der Waals surface area contributed by atoms with Crippen molar-refractivity contribution in [2.45, 2.75) is 42.2 Å². The number of aryl methyl sites for hydroxylation is 1. The molecule has 162 valence electrons. The average Bonchev–Trinajstić information content (AvgIpc) is 3.18. The fraction of sp³-hybridized carbons (Fsp3) is 0.222. The maximum Gasteiger partial charge on any atom is 0.198 e. The number of hydrogen-bond donors (Lipinski definition) is 0. The number of nitrogens with zero attached hydrogens (tertiary/aromatic N) is 1. The molecule has 5 heteroatoms. The number of benzene rings is 3. The van der Waals surface area contributed by atoms with Gasteiger partial charge in [0.05, 0.1) is 4.90 Å². The number of sulfone groups is 1. The maximum absolute atomic E-state index is 14.0. The summed E-state index contributed by atoms with van der Waals surface area (Å²) in [6.45, 7) is 1.94. The van der Waals surface area contributed by atoms with E-state index < -0.39 is 15.1 Å². The van der Waals surface area contributed by atoms with E-state index in [0.717, 1.165) is 30.4 Å². The van der Waals surface area contributed by atoms with Crippen molar-refractivity contribution in [2.24, 2.45) is 0 Å². The Morgan fingerprint density at radius 3 is 2.09 bits per heavy atom. The number of oxazole rings is 1. The third-order valence-corrected chi connectivity index (χ3v) is 8.21. The smallest absolute Gasteiger partial charge is 0.198 e. The lowest BCUT2D eigenvalue weighted by molar-refractivity contribution is 0.325. The Balaban J connectivity index is 1.73. The van der Waals surface area contributed by atoms with Crippen LogP contribution in [0.15, 0.2) is 94.2 Å². The average molecular weight is 444 g/mol. The molecule has 1 aromatic heterocycles. The van der Waals surface area contributed by atoms with Gasteiger partial charge in [0.2, 0.25) is 0 Å². The van der Waals surface area contributed by atoms with Crippen LogP contribution in [0.4, 0.5) is 0 Å². The van der Waals surface area contributed by atoms with Crippen LogP contribution in [0.3, 0.4) is 0 Å². The fourth-order valence-electron chi connectivity index (χ4n) is 4.12. The molecule has 1 unspecified atom stereocenters. The van der Waals surface area contributed by atoms with Crippen LogP contribution in [0.1, 0.15) is 53.2 Å². The Labute approximate surface area is 188 Å². The highest BCUT2D eigenvalue weighted by Gasteiger charge is 2.38. The molecule has 3 aromatic carbocycles. The highest BCUT2D eigenvalue weighted by molar-refractivity contribution is 7.91. The van der Waals surface area contributed by atoms with Gasteiger partial charge in [-0.15, -0.1) is 0 Å². The third-order valence-electron chi connectivity index (χ3n) is 6.17. The predicted octanol–water partition coefficient (Wildman–Crippen LogP) is 6.48. The third kappa shape index (κ3) is 3.78. The van der Waals surface area contributed by atoms with E-state index >= 15 is 0 Å². The van der Waals surface area contributed by atoms with Crippen LogP contribution in [0.5, 0.6) is 0 Å². The molecule has 0 spiro atoms. The lowest BCUT2D eigenvalue weighted by Gasteiger charge is -2.22. The summed E-state index contributed by atoms with van der Waals surface area (Å²) < 4.78 is 34.3. The first-order chi connectivity index (χ1) is 15.5. The van der Waals surface area contributed by atoms with Crippen LogP contribution in [0.2, 0.25) is 0 Å². The fourth-order valence-corrected chi connectivity index (χ4v) is 5.87. The summed E-state index contributed by atoms with van der Waals surface area (Å²) in [5.74, 6) is 1.29. The van der Waals surface area contributed by atoms with Crippen LogP contribution in [-0.4, -0.2) is 13.4 Å². The van der Waals surface area contributed by atoms with Gasteiger partial charge in [0.1, 0.15) is 5.69 Å². The molecule has 1 atom stereocenters. The highest BCUT2D eigenvalue weighted by Crippen LogP contribution is 2.44. The number of aromatic nitrogens is 1. The standard InChI is InChI=1S/C27H25NO3S/c1-19-15-17-23(18-16-19)32(29,30)26(21-11-6-3-7-12-21)25-24(20-9-4-2-5-10-20)28-27(31-25)22-13-8-14-22/h2-7,9-12,15-18,22,26H,8,13-14H2,1H3. The molecule has 0 aliphatic heterocycles. The van der Waals surface area contributed by atoms with Gasteiger partial charge in [-0.3, -0.25) is 0 Å². The van der Waals surface area contributed by atoms with Gasteiger partial charge in [0.25, 0.3) is 0 Å². The largest absolute Gasteiger partial charge is 0.443 e. The van der Waals surface area contributed by atoms with E-state index in [1.807, 2.05) is 79.7 Å². The zero-order valence-corrected chi connectivity index (χ0v) is 18.8. The van der Waals surface area contributed by atoms with Crippen molar-refractivity contribution in [1.29, 1.82) is 0 Å². The van der Waals surface area contributed by atoms with Gasteiger partial charge in [-0.25, -0.2) is 13.4 Å². The molecule has 0 saturated heterocycles. The summed E-state index contributed by atoms with van der Waals surface area (Å²) in [5.41, 5.74) is 3.15. The molecule has 1 fully saturated rings. The van der Waals surface area contributed by atoms with Crippen LogP contribution < -0.4 is 0 Å². The van der Waals surface area contributed by atoms with Gasteiger partial charge in [-0.05, 0) is 37.5 Å². The van der Waals surface area contributed by atoms with Crippen molar-refractivity contribution >= 4 is 9.84 Å². The lowest BCUT2D eigenvalue weighted by Crippen LogP contribution is -2.16. The van der Waals surface area contributed by atoms with Crippen LogP contribution in [0.25, 0.3) is 11.3 Å². The van der Waals surface area contributed by atoms with Crippen molar-refractivity contribution in [1.82, 2.24) is 4.98 Å². The SMILES string of the molecule is Cc1ccc(S(=O)(=O)C(c2ccccc2)c2oc(C3CCC3)nc2-c2ccccc2)cc1. The van der Waals surface area contributed by atoms with E-state index in [9.17, 15) is 8.42 Å². The summed E-state index contributed by atoms with van der Waals surface area (Å²) in [6.07, 6.45) is 3.19. The minimum atomic E-state index is -3.79. The highest BCUT2D eigenvalue weighted by atomic mass is 32.2. The zero-order chi connectivity index (χ0) is 22.1. The molecular formula is C27H25NO3S. The first-order valence-electron chi connectivity index (χ1n) is 11.0. The van der Waals surface area contributed by atoms with Crippen molar-refractivity contribution in [3.8, 4) is 11.3 Å². The Morgan fingerprint density at radius 2 is 1.50 bits per heavy atom. The molecule has 0 bridgehead atoms. The van der Waals surface area contributed by atoms with Crippen molar-refractivity contribution < 1.29 is 12.8 Å². The van der Waals surface area contributed by atoms with E-state index in [1.165, 1.54) is 0 Å². The molecule has 4 aromatic rings. The van der Waals surface area contributed by atoms with Crippen molar-refractivity contribution in [3.63, 3.8) is 0 Å². The lowest BCUT2D eigenvalue weighted by atomic mass is 9.85. The minimum Gasteiger partial charge on any atom is -0.443 e. The second kappa shape index (κ2) is 8.40. The molecule has 1 aliphatic rings.